The van der Waals surface area contributed by atoms with E-state index >= 15 is 0 Å². The molecule has 2 heterocycles. The molecule has 1 aliphatic heterocycles. The van der Waals surface area contributed by atoms with Crippen molar-refractivity contribution < 1.29 is 19.1 Å². The van der Waals surface area contributed by atoms with E-state index in [9.17, 15) is 14.4 Å². The fourth-order valence-electron chi connectivity index (χ4n) is 4.31. The van der Waals surface area contributed by atoms with Gasteiger partial charge in [0.15, 0.2) is 0 Å². The first-order chi connectivity index (χ1) is 17.1. The van der Waals surface area contributed by atoms with Crippen molar-refractivity contribution in [3.05, 3.63) is 90.6 Å². The van der Waals surface area contributed by atoms with E-state index in [0.29, 0.717) is 22.6 Å². The summed E-state index contributed by atoms with van der Waals surface area (Å²) in [5.41, 5.74) is 1.51. The SMILES string of the molecule is O=C(Nc1ccc(Oc2ccccc2)cc1)C(=O)c1cn(CC(=O)N2CCCC2)c2ccccc12. The Morgan fingerprint density at radius 3 is 2.20 bits per heavy atom. The maximum absolute atomic E-state index is 13.1. The number of rotatable bonds is 7. The molecule has 3 aromatic carbocycles. The molecule has 1 fully saturated rings. The van der Waals surface area contributed by atoms with Crippen molar-refractivity contribution in [3.8, 4) is 11.5 Å². The van der Waals surface area contributed by atoms with E-state index in [1.165, 1.54) is 0 Å². The first kappa shape index (κ1) is 22.4. The summed E-state index contributed by atoms with van der Waals surface area (Å²) >= 11 is 0. The predicted molar refractivity (Wildman–Crippen MR) is 134 cm³/mol. The van der Waals surface area contributed by atoms with Crippen molar-refractivity contribution in [2.75, 3.05) is 18.4 Å². The number of nitrogens with zero attached hydrogens (tertiary/aromatic N) is 2. The lowest BCUT2D eigenvalue weighted by atomic mass is 10.1. The van der Waals surface area contributed by atoms with Crippen molar-refractivity contribution in [2.24, 2.45) is 0 Å². The average molecular weight is 468 g/mol. The molecule has 7 nitrogen and oxygen atoms in total. The summed E-state index contributed by atoms with van der Waals surface area (Å²) in [5.74, 6) is -0.0523. The number of fused-ring (bicyclic) bond motifs is 1. The number of ether oxygens (including phenoxy) is 1. The largest absolute Gasteiger partial charge is 0.457 e. The van der Waals surface area contributed by atoms with Crippen LogP contribution in [0.1, 0.15) is 23.2 Å². The van der Waals surface area contributed by atoms with Gasteiger partial charge in [0.05, 0.1) is 5.56 Å². The van der Waals surface area contributed by atoms with Gasteiger partial charge in [-0.15, -0.1) is 0 Å². The number of carbonyl (C=O) groups excluding carboxylic acids is 3. The minimum absolute atomic E-state index is 0.0181. The molecule has 35 heavy (non-hydrogen) atoms. The number of benzene rings is 3. The van der Waals surface area contributed by atoms with Crippen LogP contribution in [0.5, 0.6) is 11.5 Å². The summed E-state index contributed by atoms with van der Waals surface area (Å²) in [5, 5.41) is 3.31. The van der Waals surface area contributed by atoms with E-state index in [1.54, 1.807) is 41.1 Å². The topological polar surface area (TPSA) is 80.6 Å². The highest BCUT2D eigenvalue weighted by atomic mass is 16.5. The molecule has 7 heteroatoms. The molecule has 0 saturated carbocycles. The zero-order valence-corrected chi connectivity index (χ0v) is 19.1. The molecule has 1 aromatic heterocycles. The van der Waals surface area contributed by atoms with Crippen LogP contribution in [0.25, 0.3) is 10.9 Å². The summed E-state index contributed by atoms with van der Waals surface area (Å²) in [6.45, 7) is 1.67. The molecule has 0 radical (unpaired) electrons. The molecule has 0 aliphatic carbocycles. The number of nitrogens with one attached hydrogen (secondary N) is 1. The lowest BCUT2D eigenvalue weighted by Gasteiger charge is -2.15. The van der Waals surface area contributed by atoms with Crippen molar-refractivity contribution in [2.45, 2.75) is 19.4 Å². The molecule has 2 amide bonds. The Labute approximate surface area is 202 Å². The van der Waals surface area contributed by atoms with E-state index in [0.717, 1.165) is 31.4 Å². The highest BCUT2D eigenvalue weighted by Gasteiger charge is 2.24. The van der Waals surface area contributed by atoms with E-state index in [2.05, 4.69) is 5.32 Å². The number of para-hydroxylation sites is 2. The van der Waals surface area contributed by atoms with Crippen molar-refractivity contribution in [1.82, 2.24) is 9.47 Å². The summed E-state index contributed by atoms with van der Waals surface area (Å²) in [6.07, 6.45) is 3.64. The number of hydrogen-bond acceptors (Lipinski definition) is 4. The van der Waals surface area contributed by atoms with Crippen molar-refractivity contribution in [1.29, 1.82) is 0 Å². The van der Waals surface area contributed by atoms with Gasteiger partial charge in [-0.25, -0.2) is 0 Å². The first-order valence-electron chi connectivity index (χ1n) is 11.6. The molecular weight excluding hydrogens is 442 g/mol. The second-order valence-electron chi connectivity index (χ2n) is 8.50. The molecular formula is C28H25N3O4. The second-order valence-corrected chi connectivity index (χ2v) is 8.50. The van der Waals surface area contributed by atoms with Crippen LogP contribution in [0.3, 0.4) is 0 Å². The van der Waals surface area contributed by atoms with E-state index in [1.807, 2.05) is 53.4 Å². The number of carbonyl (C=O) groups is 3. The van der Waals surface area contributed by atoms with E-state index in [-0.39, 0.29) is 18.0 Å². The Morgan fingerprint density at radius 2 is 1.46 bits per heavy atom. The number of likely N-dealkylation sites (tertiary alicyclic amines) is 1. The summed E-state index contributed by atoms with van der Waals surface area (Å²) in [4.78, 5) is 40.4. The van der Waals surface area contributed by atoms with Gasteiger partial charge in [-0.2, -0.15) is 0 Å². The fraction of sp³-hybridized carbons (Fsp3) is 0.179. The number of ketones is 1. The molecule has 176 valence electrons. The molecule has 1 N–H and O–H groups in total. The normalized spacial score (nSPS) is 13.1. The van der Waals surface area contributed by atoms with E-state index < -0.39 is 11.7 Å². The fourth-order valence-corrected chi connectivity index (χ4v) is 4.31. The number of Topliss-reactive ketones (excluding diaryl/α,β-unsaturated/α-hetero) is 1. The Bertz CT molecular complexity index is 1370. The summed E-state index contributed by atoms with van der Waals surface area (Å²) < 4.78 is 7.52. The van der Waals surface area contributed by atoms with Gasteiger partial charge >= 0.3 is 0 Å². The predicted octanol–water partition coefficient (Wildman–Crippen LogP) is 4.88. The highest BCUT2D eigenvalue weighted by Crippen LogP contribution is 2.25. The maximum Gasteiger partial charge on any atom is 0.296 e. The third kappa shape index (κ3) is 4.94. The van der Waals surface area contributed by atoms with E-state index in [4.69, 9.17) is 4.74 Å². The van der Waals surface area contributed by atoms with Crippen LogP contribution in [-0.2, 0) is 16.1 Å². The lowest BCUT2D eigenvalue weighted by Crippen LogP contribution is -2.30. The second kappa shape index (κ2) is 9.85. The van der Waals surface area contributed by atoms with Gasteiger partial charge in [-0.05, 0) is 55.3 Å². The number of hydrogen-bond donors (Lipinski definition) is 1. The van der Waals surface area contributed by atoms with Crippen molar-refractivity contribution >= 4 is 34.2 Å². The zero-order valence-electron chi connectivity index (χ0n) is 19.1. The van der Waals surface area contributed by atoms with Gasteiger partial charge in [0.1, 0.15) is 18.0 Å². The van der Waals surface area contributed by atoms with Gasteiger partial charge < -0.3 is 19.5 Å². The molecule has 0 bridgehead atoms. The van der Waals surface area contributed by atoms with Crippen LogP contribution in [0.15, 0.2) is 85.1 Å². The molecule has 0 spiro atoms. The smallest absolute Gasteiger partial charge is 0.296 e. The van der Waals surface area contributed by atoms with Crippen LogP contribution in [0.2, 0.25) is 0 Å². The molecule has 1 saturated heterocycles. The molecule has 0 unspecified atom stereocenters. The lowest BCUT2D eigenvalue weighted by molar-refractivity contribution is -0.130. The van der Waals surface area contributed by atoms with Gasteiger partial charge in [-0.3, -0.25) is 14.4 Å². The third-order valence-corrected chi connectivity index (χ3v) is 6.09. The molecule has 1 aliphatic rings. The first-order valence-corrected chi connectivity index (χ1v) is 11.6. The Balaban J connectivity index is 1.30. The van der Waals surface area contributed by atoms with Gasteiger partial charge in [-0.1, -0.05) is 36.4 Å². The van der Waals surface area contributed by atoms with Crippen LogP contribution in [0.4, 0.5) is 5.69 Å². The number of aromatic nitrogens is 1. The van der Waals surface area contributed by atoms with Crippen LogP contribution in [-0.4, -0.2) is 40.2 Å². The molecule has 0 atom stereocenters. The van der Waals surface area contributed by atoms with Crippen molar-refractivity contribution in [3.63, 3.8) is 0 Å². The van der Waals surface area contributed by atoms with Gasteiger partial charge in [0.2, 0.25) is 5.91 Å². The standard InChI is InChI=1S/C28H25N3O4/c32-26(30-16-6-7-17-30)19-31-18-24(23-10-4-5-11-25(23)31)27(33)28(34)29-20-12-14-22(15-13-20)35-21-8-2-1-3-9-21/h1-5,8-15,18H,6-7,16-17,19H2,(H,29,34). The number of amides is 2. The minimum atomic E-state index is -0.740. The molecule has 4 aromatic rings. The monoisotopic (exact) mass is 467 g/mol. The minimum Gasteiger partial charge on any atom is -0.457 e. The summed E-state index contributed by atoms with van der Waals surface area (Å²) in [7, 11) is 0. The van der Waals surface area contributed by atoms with Gasteiger partial charge in [0.25, 0.3) is 11.7 Å². The quantitative estimate of drug-likeness (QED) is 0.310. The average Bonchev–Trinajstić information content (AvgIpc) is 3.55. The van der Waals surface area contributed by atoms with Crippen LogP contribution in [0, 0.1) is 0 Å². The molecule has 5 rings (SSSR count). The van der Waals surface area contributed by atoms with Gasteiger partial charge in [0, 0.05) is 35.9 Å². The highest BCUT2D eigenvalue weighted by molar-refractivity contribution is 6.48. The maximum atomic E-state index is 13.1. The number of anilines is 1. The Kier molecular flexibility index (Phi) is 6.30. The zero-order chi connectivity index (χ0) is 24.2. The third-order valence-electron chi connectivity index (χ3n) is 6.09. The Hall–Kier alpha value is -4.39. The van der Waals surface area contributed by atoms with Crippen LogP contribution >= 0.6 is 0 Å². The van der Waals surface area contributed by atoms with Crippen LogP contribution < -0.4 is 10.1 Å². The summed E-state index contributed by atoms with van der Waals surface area (Å²) in [6, 6.07) is 23.5. The Morgan fingerprint density at radius 1 is 0.800 bits per heavy atom.